The third kappa shape index (κ3) is 4.28. The van der Waals surface area contributed by atoms with Crippen LogP contribution >= 0.6 is 11.3 Å². The van der Waals surface area contributed by atoms with Gasteiger partial charge in [-0.05, 0) is 41.7 Å². The summed E-state index contributed by atoms with van der Waals surface area (Å²) in [5.74, 6) is 1.42. The van der Waals surface area contributed by atoms with Crippen LogP contribution in [0.5, 0.6) is 0 Å². The van der Waals surface area contributed by atoms with Gasteiger partial charge in [-0.25, -0.2) is 13.1 Å². The number of hydrogen-bond acceptors (Lipinski definition) is 4. The third-order valence-corrected chi connectivity index (χ3v) is 6.92. The van der Waals surface area contributed by atoms with E-state index in [9.17, 15) is 8.42 Å². The minimum Gasteiger partial charge on any atom is -0.392 e. The maximum absolute atomic E-state index is 12.1. The van der Waals surface area contributed by atoms with E-state index >= 15 is 0 Å². The molecule has 114 valence electrons. The van der Waals surface area contributed by atoms with Gasteiger partial charge in [0.1, 0.15) is 4.21 Å². The second-order valence-electron chi connectivity index (χ2n) is 5.76. The van der Waals surface area contributed by atoms with E-state index in [-0.39, 0.29) is 6.61 Å². The molecular weight excluding hydrogens is 294 g/mol. The zero-order valence-corrected chi connectivity index (χ0v) is 13.5. The first-order chi connectivity index (χ1) is 9.51. The molecule has 1 heterocycles. The highest BCUT2D eigenvalue weighted by atomic mass is 32.2. The van der Waals surface area contributed by atoms with Crippen molar-refractivity contribution in [2.75, 3.05) is 6.54 Å². The summed E-state index contributed by atoms with van der Waals surface area (Å²) < 4.78 is 27.1. The predicted molar refractivity (Wildman–Crippen MR) is 81.2 cm³/mol. The molecule has 2 unspecified atom stereocenters. The van der Waals surface area contributed by atoms with E-state index in [0.717, 1.165) is 23.7 Å². The molecule has 4 nitrogen and oxygen atoms in total. The highest BCUT2D eigenvalue weighted by Gasteiger charge is 2.20. The first kappa shape index (κ1) is 15.9. The Kier molecular flexibility index (Phi) is 5.60. The van der Waals surface area contributed by atoms with Crippen molar-refractivity contribution in [3.8, 4) is 0 Å². The second kappa shape index (κ2) is 7.02. The van der Waals surface area contributed by atoms with Gasteiger partial charge in [0.25, 0.3) is 0 Å². The van der Waals surface area contributed by atoms with Gasteiger partial charge in [0.2, 0.25) is 10.0 Å². The molecule has 0 saturated heterocycles. The van der Waals surface area contributed by atoms with E-state index in [1.54, 1.807) is 5.38 Å². The third-order valence-electron chi connectivity index (χ3n) is 3.97. The van der Waals surface area contributed by atoms with E-state index in [1.807, 2.05) is 0 Å². The van der Waals surface area contributed by atoms with Gasteiger partial charge in [-0.15, -0.1) is 11.3 Å². The lowest BCUT2D eigenvalue weighted by molar-refractivity contribution is 0.271. The highest BCUT2D eigenvalue weighted by Crippen LogP contribution is 2.30. The van der Waals surface area contributed by atoms with Crippen LogP contribution in [-0.2, 0) is 16.6 Å². The van der Waals surface area contributed by atoms with Crippen LogP contribution in [0.3, 0.4) is 0 Å². The molecule has 0 radical (unpaired) electrons. The normalized spacial score (nSPS) is 23.9. The molecule has 1 saturated carbocycles. The summed E-state index contributed by atoms with van der Waals surface area (Å²) in [6.45, 7) is 2.66. The summed E-state index contributed by atoms with van der Waals surface area (Å²) in [6.07, 6.45) is 5.93. The molecule has 2 atom stereocenters. The Labute approximate surface area is 125 Å². The zero-order chi connectivity index (χ0) is 14.6. The van der Waals surface area contributed by atoms with Gasteiger partial charge in [-0.3, -0.25) is 0 Å². The lowest BCUT2D eigenvalue weighted by Crippen LogP contribution is -2.26. The SMILES string of the molecule is CC1CCCC(CCNS(=O)(=O)c2cc(CO)cs2)C1. The molecule has 1 aromatic heterocycles. The topological polar surface area (TPSA) is 66.4 Å². The summed E-state index contributed by atoms with van der Waals surface area (Å²) in [5.41, 5.74) is 0.650. The van der Waals surface area contributed by atoms with Crippen LogP contribution in [0, 0.1) is 11.8 Å². The standard InChI is InChI=1S/C14H23NO3S2/c1-11-3-2-4-12(7-11)5-6-15-20(17,18)14-8-13(9-16)10-19-14/h8,10-12,15-16H,2-7,9H2,1H3. The fraction of sp³-hybridized carbons (Fsp3) is 0.714. The fourth-order valence-electron chi connectivity index (χ4n) is 2.87. The average molecular weight is 317 g/mol. The minimum absolute atomic E-state index is 0.119. The molecule has 1 aliphatic carbocycles. The van der Waals surface area contributed by atoms with Gasteiger partial charge in [-0.2, -0.15) is 0 Å². The molecule has 0 aromatic carbocycles. The van der Waals surface area contributed by atoms with Crippen molar-refractivity contribution in [2.24, 2.45) is 11.8 Å². The Morgan fingerprint density at radius 2 is 2.25 bits per heavy atom. The van der Waals surface area contributed by atoms with E-state index in [4.69, 9.17) is 5.11 Å². The van der Waals surface area contributed by atoms with E-state index in [1.165, 1.54) is 31.7 Å². The molecule has 6 heteroatoms. The first-order valence-electron chi connectivity index (χ1n) is 7.19. The summed E-state index contributed by atoms with van der Waals surface area (Å²) in [4.78, 5) is 0. The van der Waals surface area contributed by atoms with E-state index in [2.05, 4.69) is 11.6 Å². The van der Waals surface area contributed by atoms with Crippen molar-refractivity contribution in [3.63, 3.8) is 0 Å². The first-order valence-corrected chi connectivity index (χ1v) is 9.55. The highest BCUT2D eigenvalue weighted by molar-refractivity contribution is 7.91. The van der Waals surface area contributed by atoms with E-state index in [0.29, 0.717) is 22.2 Å². The van der Waals surface area contributed by atoms with Crippen molar-refractivity contribution >= 4 is 21.4 Å². The van der Waals surface area contributed by atoms with Crippen LogP contribution in [0.4, 0.5) is 0 Å². The van der Waals surface area contributed by atoms with Crippen LogP contribution in [0.15, 0.2) is 15.7 Å². The second-order valence-corrected chi connectivity index (χ2v) is 8.66. The minimum atomic E-state index is -3.41. The van der Waals surface area contributed by atoms with Crippen LogP contribution in [0.25, 0.3) is 0 Å². The maximum atomic E-state index is 12.1. The van der Waals surface area contributed by atoms with Crippen molar-refractivity contribution < 1.29 is 13.5 Å². The Balaban J connectivity index is 1.83. The number of aliphatic hydroxyl groups excluding tert-OH is 1. The van der Waals surface area contributed by atoms with Gasteiger partial charge in [-0.1, -0.05) is 26.2 Å². The molecule has 1 aromatic rings. The quantitative estimate of drug-likeness (QED) is 0.848. The number of sulfonamides is 1. The number of hydrogen-bond donors (Lipinski definition) is 2. The molecule has 20 heavy (non-hydrogen) atoms. The monoisotopic (exact) mass is 317 g/mol. The summed E-state index contributed by atoms with van der Waals surface area (Å²) in [5, 5.41) is 10.7. The van der Waals surface area contributed by atoms with Crippen LogP contribution < -0.4 is 4.72 Å². The van der Waals surface area contributed by atoms with Crippen LogP contribution in [0.1, 0.15) is 44.6 Å². The Morgan fingerprint density at radius 3 is 2.90 bits per heavy atom. The number of aliphatic hydroxyl groups is 1. The van der Waals surface area contributed by atoms with Crippen molar-refractivity contribution in [1.82, 2.24) is 4.72 Å². The van der Waals surface area contributed by atoms with Gasteiger partial charge in [0, 0.05) is 6.54 Å². The Morgan fingerprint density at radius 1 is 1.45 bits per heavy atom. The molecule has 2 rings (SSSR count). The maximum Gasteiger partial charge on any atom is 0.250 e. The summed E-state index contributed by atoms with van der Waals surface area (Å²) in [7, 11) is -3.41. The van der Waals surface area contributed by atoms with E-state index < -0.39 is 10.0 Å². The van der Waals surface area contributed by atoms with Gasteiger partial charge >= 0.3 is 0 Å². The van der Waals surface area contributed by atoms with Crippen LogP contribution in [-0.4, -0.2) is 20.1 Å². The molecule has 0 amide bonds. The Hall–Kier alpha value is -0.430. The predicted octanol–water partition coefficient (Wildman–Crippen LogP) is 2.74. The molecule has 0 aliphatic heterocycles. The van der Waals surface area contributed by atoms with Crippen molar-refractivity contribution in [2.45, 2.75) is 49.8 Å². The largest absolute Gasteiger partial charge is 0.392 e. The molecular formula is C14H23NO3S2. The molecule has 1 fully saturated rings. The smallest absolute Gasteiger partial charge is 0.250 e. The van der Waals surface area contributed by atoms with Crippen molar-refractivity contribution in [3.05, 3.63) is 17.0 Å². The number of rotatable bonds is 6. The summed E-state index contributed by atoms with van der Waals surface area (Å²) in [6, 6.07) is 1.54. The van der Waals surface area contributed by atoms with Gasteiger partial charge in [0.15, 0.2) is 0 Å². The fourth-order valence-corrected chi connectivity index (χ4v) is 5.16. The zero-order valence-electron chi connectivity index (χ0n) is 11.8. The van der Waals surface area contributed by atoms with Crippen LogP contribution in [0.2, 0.25) is 0 Å². The van der Waals surface area contributed by atoms with Gasteiger partial charge < -0.3 is 5.11 Å². The molecule has 0 bridgehead atoms. The van der Waals surface area contributed by atoms with Gasteiger partial charge in [0.05, 0.1) is 6.61 Å². The molecule has 0 spiro atoms. The Bertz CT molecular complexity index is 524. The summed E-state index contributed by atoms with van der Waals surface area (Å²) >= 11 is 1.16. The molecule has 1 aliphatic rings. The number of thiophene rings is 1. The lowest BCUT2D eigenvalue weighted by Gasteiger charge is -2.26. The average Bonchev–Trinajstić information content (AvgIpc) is 2.88. The number of nitrogens with one attached hydrogen (secondary N) is 1. The molecule has 2 N–H and O–H groups in total. The van der Waals surface area contributed by atoms with Crippen molar-refractivity contribution in [1.29, 1.82) is 0 Å². The lowest BCUT2D eigenvalue weighted by atomic mass is 9.81.